The Kier molecular flexibility index (Phi) is 4.50. The summed E-state index contributed by atoms with van der Waals surface area (Å²) < 4.78 is 11.5. The lowest BCUT2D eigenvalue weighted by molar-refractivity contribution is -0.180. The number of rotatable bonds is 6. The predicted octanol–water partition coefficient (Wildman–Crippen LogP) is 3.51. The van der Waals surface area contributed by atoms with Crippen LogP contribution in [0.4, 0.5) is 5.69 Å². The lowest BCUT2D eigenvalue weighted by Gasteiger charge is -2.22. The summed E-state index contributed by atoms with van der Waals surface area (Å²) in [6, 6.07) is 6.09. The number of hydrogen-bond acceptors (Lipinski definition) is 3. The van der Waals surface area contributed by atoms with Gasteiger partial charge in [-0.25, -0.2) is 0 Å². The molecule has 0 N–H and O–H groups in total. The van der Waals surface area contributed by atoms with Gasteiger partial charge in [-0.1, -0.05) is 44.2 Å². The van der Waals surface area contributed by atoms with Gasteiger partial charge in [-0.05, 0) is 25.5 Å². The van der Waals surface area contributed by atoms with Crippen LogP contribution < -0.4 is 4.90 Å². The van der Waals surface area contributed by atoms with E-state index in [1.807, 2.05) is 30.0 Å². The molecule has 0 atom stereocenters. The summed E-state index contributed by atoms with van der Waals surface area (Å²) in [7, 11) is 0. The van der Waals surface area contributed by atoms with Crippen molar-refractivity contribution in [3.05, 3.63) is 29.3 Å². The van der Waals surface area contributed by atoms with E-state index in [4.69, 9.17) is 9.47 Å². The topological polar surface area (TPSA) is 38.8 Å². The summed E-state index contributed by atoms with van der Waals surface area (Å²) in [5.74, 6) is -1.23. The molecule has 4 heteroatoms. The van der Waals surface area contributed by atoms with Gasteiger partial charge in [0.15, 0.2) is 0 Å². The van der Waals surface area contributed by atoms with Crippen molar-refractivity contribution in [3.63, 3.8) is 0 Å². The highest BCUT2D eigenvalue weighted by Crippen LogP contribution is 2.46. The zero-order chi connectivity index (χ0) is 15.6. The monoisotopic (exact) mass is 303 g/mol. The van der Waals surface area contributed by atoms with Crippen LogP contribution in [0.15, 0.2) is 18.2 Å². The normalized spacial score (nSPS) is 19.2. The summed E-state index contributed by atoms with van der Waals surface area (Å²) >= 11 is 0. The van der Waals surface area contributed by atoms with Gasteiger partial charge in [-0.15, -0.1) is 0 Å². The third kappa shape index (κ3) is 2.55. The minimum Gasteiger partial charge on any atom is -0.336 e. The van der Waals surface area contributed by atoms with E-state index in [1.54, 1.807) is 0 Å². The number of benzene rings is 1. The fraction of sp³-hybridized carbons (Fsp3) is 0.611. The van der Waals surface area contributed by atoms with Gasteiger partial charge in [0.25, 0.3) is 11.7 Å². The molecule has 0 radical (unpaired) electrons. The average Bonchev–Trinajstić information content (AvgIpc) is 3.08. The van der Waals surface area contributed by atoms with E-state index >= 15 is 0 Å². The first kappa shape index (κ1) is 15.5. The maximum atomic E-state index is 12.9. The summed E-state index contributed by atoms with van der Waals surface area (Å²) in [4.78, 5) is 14.7. The lowest BCUT2D eigenvalue weighted by Crippen LogP contribution is -2.41. The van der Waals surface area contributed by atoms with Gasteiger partial charge in [0, 0.05) is 12.1 Å². The number of hydrogen-bond donors (Lipinski definition) is 0. The second kappa shape index (κ2) is 6.39. The van der Waals surface area contributed by atoms with Gasteiger partial charge >= 0.3 is 0 Å². The highest BCUT2D eigenvalue weighted by molar-refractivity contribution is 6.06. The van der Waals surface area contributed by atoms with Crippen LogP contribution in [0.1, 0.15) is 50.2 Å². The highest BCUT2D eigenvalue weighted by Gasteiger charge is 2.55. The molecule has 0 aromatic heterocycles. The molecular weight excluding hydrogens is 278 g/mol. The molecule has 0 bridgehead atoms. The Morgan fingerprint density at radius 1 is 1.14 bits per heavy atom. The van der Waals surface area contributed by atoms with Crippen molar-refractivity contribution in [1.82, 2.24) is 0 Å². The van der Waals surface area contributed by atoms with E-state index in [0.29, 0.717) is 13.2 Å². The Labute approximate surface area is 132 Å². The van der Waals surface area contributed by atoms with Crippen molar-refractivity contribution >= 4 is 11.6 Å². The van der Waals surface area contributed by atoms with E-state index in [1.165, 1.54) is 19.3 Å². The first-order valence-corrected chi connectivity index (χ1v) is 8.40. The molecule has 2 heterocycles. The molecule has 0 unspecified atom stereocenters. The fourth-order valence-corrected chi connectivity index (χ4v) is 3.34. The minimum absolute atomic E-state index is 0.0545. The molecule has 1 aromatic rings. The highest BCUT2D eigenvalue weighted by atomic mass is 16.7. The molecular formula is C18H25NO3. The zero-order valence-electron chi connectivity index (χ0n) is 13.6. The number of amides is 1. The van der Waals surface area contributed by atoms with Crippen LogP contribution in [0.2, 0.25) is 0 Å². The summed E-state index contributed by atoms with van der Waals surface area (Å²) in [5, 5.41) is 0. The molecule has 1 saturated heterocycles. The van der Waals surface area contributed by atoms with Gasteiger partial charge < -0.3 is 14.4 Å². The van der Waals surface area contributed by atoms with Gasteiger partial charge in [0.1, 0.15) is 0 Å². The first-order chi connectivity index (χ1) is 10.7. The molecule has 0 aliphatic carbocycles. The van der Waals surface area contributed by atoms with Gasteiger partial charge in [0.05, 0.1) is 18.9 Å². The van der Waals surface area contributed by atoms with Gasteiger partial charge in [-0.3, -0.25) is 4.79 Å². The van der Waals surface area contributed by atoms with Crippen LogP contribution in [0.25, 0.3) is 0 Å². The minimum atomic E-state index is -1.18. The molecule has 0 saturated carbocycles. The number of unbranched alkanes of at least 4 members (excludes halogenated alkanes) is 4. The number of ether oxygens (including phenoxy) is 2. The van der Waals surface area contributed by atoms with Crippen LogP contribution in [0.3, 0.4) is 0 Å². The first-order valence-electron chi connectivity index (χ1n) is 8.40. The van der Waals surface area contributed by atoms with Crippen molar-refractivity contribution in [2.45, 2.75) is 51.7 Å². The Hall–Kier alpha value is -1.39. The quantitative estimate of drug-likeness (QED) is 0.755. The maximum absolute atomic E-state index is 12.9. The van der Waals surface area contributed by atoms with E-state index in [-0.39, 0.29) is 5.91 Å². The van der Waals surface area contributed by atoms with E-state index in [2.05, 4.69) is 6.92 Å². The van der Waals surface area contributed by atoms with E-state index in [9.17, 15) is 4.79 Å². The predicted molar refractivity (Wildman–Crippen MR) is 85.9 cm³/mol. The Balaban J connectivity index is 1.79. The van der Waals surface area contributed by atoms with E-state index < -0.39 is 5.79 Å². The molecule has 1 amide bonds. The zero-order valence-corrected chi connectivity index (χ0v) is 13.6. The Morgan fingerprint density at radius 2 is 1.86 bits per heavy atom. The number of carbonyl (C=O) groups excluding carboxylic acids is 1. The number of fused-ring (bicyclic) bond motifs is 2. The summed E-state index contributed by atoms with van der Waals surface area (Å²) in [6.45, 7) is 5.93. The maximum Gasteiger partial charge on any atom is 0.292 e. The Morgan fingerprint density at radius 3 is 2.59 bits per heavy atom. The Bertz CT molecular complexity index is 549. The molecule has 3 rings (SSSR count). The SMILES string of the molecule is CCCCCCCN1C(=O)C2(OCCO2)c2cc(C)ccc21. The second-order valence-corrected chi connectivity index (χ2v) is 6.21. The van der Waals surface area contributed by atoms with Crippen LogP contribution in [0, 0.1) is 6.92 Å². The molecule has 1 spiro atoms. The summed E-state index contributed by atoms with van der Waals surface area (Å²) in [5.41, 5.74) is 2.95. The number of anilines is 1. The molecule has 22 heavy (non-hydrogen) atoms. The number of carbonyl (C=O) groups is 1. The largest absolute Gasteiger partial charge is 0.336 e. The average molecular weight is 303 g/mol. The standard InChI is InChI=1S/C18H25NO3/c1-3-4-5-6-7-10-19-16-9-8-14(2)13-15(16)18(17(19)20)21-11-12-22-18/h8-9,13H,3-7,10-12H2,1-2H3. The molecule has 120 valence electrons. The summed E-state index contributed by atoms with van der Waals surface area (Å²) in [6.07, 6.45) is 5.91. The number of aryl methyl sites for hydroxylation is 1. The lowest BCUT2D eigenvalue weighted by atomic mass is 10.0. The second-order valence-electron chi connectivity index (χ2n) is 6.21. The van der Waals surface area contributed by atoms with Crippen molar-refractivity contribution < 1.29 is 14.3 Å². The third-order valence-electron chi connectivity index (χ3n) is 4.50. The van der Waals surface area contributed by atoms with Crippen LogP contribution in [-0.4, -0.2) is 25.7 Å². The van der Waals surface area contributed by atoms with Crippen molar-refractivity contribution in [1.29, 1.82) is 0 Å². The van der Waals surface area contributed by atoms with Gasteiger partial charge in [-0.2, -0.15) is 0 Å². The smallest absolute Gasteiger partial charge is 0.292 e. The molecule has 4 nitrogen and oxygen atoms in total. The molecule has 2 aliphatic heterocycles. The van der Waals surface area contributed by atoms with E-state index in [0.717, 1.165) is 36.2 Å². The number of nitrogens with zero attached hydrogens (tertiary/aromatic N) is 1. The fourth-order valence-electron chi connectivity index (χ4n) is 3.34. The van der Waals surface area contributed by atoms with Crippen LogP contribution in [-0.2, 0) is 20.1 Å². The molecule has 1 aromatic carbocycles. The van der Waals surface area contributed by atoms with Crippen molar-refractivity contribution in [2.24, 2.45) is 0 Å². The van der Waals surface area contributed by atoms with Crippen LogP contribution in [0.5, 0.6) is 0 Å². The van der Waals surface area contributed by atoms with Crippen molar-refractivity contribution in [3.8, 4) is 0 Å². The molecule has 1 fully saturated rings. The van der Waals surface area contributed by atoms with Gasteiger partial charge in [0.2, 0.25) is 0 Å². The third-order valence-corrected chi connectivity index (χ3v) is 4.50. The molecule has 2 aliphatic rings. The van der Waals surface area contributed by atoms with Crippen LogP contribution >= 0.6 is 0 Å². The van der Waals surface area contributed by atoms with Crippen molar-refractivity contribution in [2.75, 3.05) is 24.7 Å².